The van der Waals surface area contributed by atoms with Crippen molar-refractivity contribution in [3.8, 4) is 0 Å². The molecule has 1 aromatic carbocycles. The van der Waals surface area contributed by atoms with Gasteiger partial charge in [-0.1, -0.05) is 33.1 Å². The summed E-state index contributed by atoms with van der Waals surface area (Å²) in [5.74, 6) is 0. The van der Waals surface area contributed by atoms with Gasteiger partial charge in [0.05, 0.1) is 4.90 Å². The van der Waals surface area contributed by atoms with Crippen LogP contribution in [0.2, 0.25) is 0 Å². The number of hydrogen-bond donors (Lipinski definition) is 2. The van der Waals surface area contributed by atoms with Crippen LogP contribution in [0.3, 0.4) is 0 Å². The van der Waals surface area contributed by atoms with Crippen LogP contribution in [0.1, 0.15) is 57.1 Å². The third-order valence-electron chi connectivity index (χ3n) is 3.86. The van der Waals surface area contributed by atoms with Crippen molar-refractivity contribution in [3.05, 3.63) is 23.3 Å². The Morgan fingerprint density at radius 3 is 2.33 bits per heavy atom. The molecule has 0 aliphatic rings. The van der Waals surface area contributed by atoms with Crippen LogP contribution in [0.15, 0.2) is 17.0 Å². The average Bonchev–Trinajstić information content (AvgIpc) is 2.41. The summed E-state index contributed by atoms with van der Waals surface area (Å²) in [5.41, 5.74) is 8.25. The lowest BCUT2D eigenvalue weighted by atomic mass is 10.1. The monoisotopic (exact) mass is 312 g/mol. The minimum atomic E-state index is -3.50. The summed E-state index contributed by atoms with van der Waals surface area (Å²) in [5, 5.41) is 0. The van der Waals surface area contributed by atoms with Gasteiger partial charge in [-0.15, -0.1) is 0 Å². The molecule has 0 amide bonds. The van der Waals surface area contributed by atoms with Crippen LogP contribution >= 0.6 is 0 Å². The fourth-order valence-corrected chi connectivity index (χ4v) is 3.78. The molecule has 0 fully saturated rings. The van der Waals surface area contributed by atoms with Crippen molar-refractivity contribution in [2.45, 2.75) is 70.7 Å². The van der Waals surface area contributed by atoms with E-state index in [1.54, 1.807) is 12.1 Å². The molecule has 120 valence electrons. The van der Waals surface area contributed by atoms with E-state index in [4.69, 9.17) is 5.73 Å². The first-order valence-corrected chi connectivity index (χ1v) is 9.19. The van der Waals surface area contributed by atoms with Gasteiger partial charge in [-0.3, -0.25) is 0 Å². The van der Waals surface area contributed by atoms with Gasteiger partial charge in [-0.2, -0.15) is 0 Å². The number of aryl methyl sites for hydroxylation is 1. The second-order valence-electron chi connectivity index (χ2n) is 5.70. The maximum absolute atomic E-state index is 12.5. The first kappa shape index (κ1) is 18.0. The predicted octanol–water partition coefficient (Wildman–Crippen LogP) is 3.52. The lowest BCUT2D eigenvalue weighted by Crippen LogP contribution is -2.34. The maximum Gasteiger partial charge on any atom is 0.240 e. The Balaban J connectivity index is 2.98. The zero-order valence-electron chi connectivity index (χ0n) is 13.6. The molecule has 0 aromatic heterocycles. The van der Waals surface area contributed by atoms with Gasteiger partial charge in [0.1, 0.15) is 0 Å². The Morgan fingerprint density at radius 1 is 1.14 bits per heavy atom. The Morgan fingerprint density at radius 2 is 1.81 bits per heavy atom. The lowest BCUT2D eigenvalue weighted by Gasteiger charge is -2.18. The summed E-state index contributed by atoms with van der Waals surface area (Å²) in [7, 11) is -3.50. The summed E-state index contributed by atoms with van der Waals surface area (Å²) in [4.78, 5) is 0.265. The van der Waals surface area contributed by atoms with Crippen molar-refractivity contribution in [3.63, 3.8) is 0 Å². The van der Waals surface area contributed by atoms with Crippen LogP contribution in [0, 0.1) is 13.8 Å². The molecule has 1 aromatic rings. The van der Waals surface area contributed by atoms with Crippen LogP contribution in [-0.2, 0) is 10.0 Å². The maximum atomic E-state index is 12.5. The summed E-state index contributed by atoms with van der Waals surface area (Å²) >= 11 is 0. The Bertz CT molecular complexity index is 545. The zero-order valence-corrected chi connectivity index (χ0v) is 14.4. The highest BCUT2D eigenvalue weighted by atomic mass is 32.2. The van der Waals surface area contributed by atoms with E-state index in [1.165, 1.54) is 0 Å². The van der Waals surface area contributed by atoms with Gasteiger partial charge < -0.3 is 5.73 Å². The number of sulfonamides is 1. The average molecular weight is 312 g/mol. The van der Waals surface area contributed by atoms with E-state index in [2.05, 4.69) is 18.6 Å². The van der Waals surface area contributed by atoms with E-state index in [1.807, 2.05) is 13.8 Å². The molecule has 0 saturated carbocycles. The lowest BCUT2D eigenvalue weighted by molar-refractivity contribution is 0.483. The Hall–Kier alpha value is -1.07. The van der Waals surface area contributed by atoms with Gasteiger partial charge in [-0.25, -0.2) is 13.1 Å². The molecular formula is C16H28N2O2S. The van der Waals surface area contributed by atoms with E-state index < -0.39 is 10.0 Å². The molecule has 3 N–H and O–H groups in total. The normalized spacial score (nSPS) is 13.3. The van der Waals surface area contributed by atoms with Crippen LogP contribution in [0.25, 0.3) is 0 Å². The highest BCUT2D eigenvalue weighted by Crippen LogP contribution is 2.22. The quantitative estimate of drug-likeness (QED) is 0.721. The van der Waals surface area contributed by atoms with Crippen molar-refractivity contribution in [1.29, 1.82) is 0 Å². The third-order valence-corrected chi connectivity index (χ3v) is 5.36. The molecule has 0 bridgehead atoms. The third kappa shape index (κ3) is 5.00. The zero-order chi connectivity index (χ0) is 16.0. The fourth-order valence-electron chi connectivity index (χ4n) is 2.36. The van der Waals surface area contributed by atoms with Crippen molar-refractivity contribution < 1.29 is 8.42 Å². The highest BCUT2D eigenvalue weighted by Gasteiger charge is 2.20. The highest BCUT2D eigenvalue weighted by molar-refractivity contribution is 7.89. The summed E-state index contributed by atoms with van der Waals surface area (Å²) in [6.07, 6.45) is 4.80. The van der Waals surface area contributed by atoms with Crippen molar-refractivity contribution in [1.82, 2.24) is 4.72 Å². The summed E-state index contributed by atoms with van der Waals surface area (Å²) in [6, 6.07) is 3.24. The topological polar surface area (TPSA) is 72.2 Å². The standard InChI is InChI=1S/C16H28N2O2S/c1-5-7-9-14(8-6-2)18-21(19,20)15-10-12(3)13(4)16(17)11-15/h10-11,14,18H,5-9,17H2,1-4H3. The van der Waals surface area contributed by atoms with Crippen LogP contribution in [0.4, 0.5) is 5.69 Å². The molecule has 5 heteroatoms. The molecule has 21 heavy (non-hydrogen) atoms. The van der Waals surface area contributed by atoms with Crippen LogP contribution in [-0.4, -0.2) is 14.5 Å². The molecule has 4 nitrogen and oxygen atoms in total. The van der Waals surface area contributed by atoms with E-state index >= 15 is 0 Å². The van der Waals surface area contributed by atoms with E-state index in [0.29, 0.717) is 5.69 Å². The van der Waals surface area contributed by atoms with Crippen molar-refractivity contribution in [2.75, 3.05) is 5.73 Å². The predicted molar refractivity (Wildman–Crippen MR) is 88.9 cm³/mol. The molecule has 0 aliphatic heterocycles. The number of nitrogens with one attached hydrogen (secondary N) is 1. The molecule has 0 heterocycles. The van der Waals surface area contributed by atoms with Crippen molar-refractivity contribution in [2.24, 2.45) is 0 Å². The van der Waals surface area contributed by atoms with Gasteiger partial charge in [0.15, 0.2) is 0 Å². The molecule has 0 spiro atoms. The number of unbranched alkanes of at least 4 members (excludes halogenated alkanes) is 1. The Labute approximate surface area is 129 Å². The smallest absolute Gasteiger partial charge is 0.240 e. The first-order valence-electron chi connectivity index (χ1n) is 7.70. The number of benzene rings is 1. The Kier molecular flexibility index (Phi) is 6.68. The second-order valence-corrected chi connectivity index (χ2v) is 7.42. The minimum absolute atomic E-state index is 0.00258. The number of nitrogens with two attached hydrogens (primary N) is 1. The van der Waals surface area contributed by atoms with Gasteiger partial charge in [0, 0.05) is 11.7 Å². The van der Waals surface area contributed by atoms with Crippen molar-refractivity contribution >= 4 is 15.7 Å². The van der Waals surface area contributed by atoms with E-state index in [0.717, 1.165) is 43.2 Å². The largest absolute Gasteiger partial charge is 0.398 e. The van der Waals surface area contributed by atoms with E-state index in [9.17, 15) is 8.42 Å². The molecule has 0 radical (unpaired) electrons. The number of anilines is 1. The molecule has 0 saturated heterocycles. The number of rotatable bonds is 8. The van der Waals surface area contributed by atoms with Gasteiger partial charge in [0.2, 0.25) is 10.0 Å². The molecule has 1 rings (SSSR count). The molecule has 0 aliphatic carbocycles. The van der Waals surface area contributed by atoms with E-state index in [-0.39, 0.29) is 10.9 Å². The van der Waals surface area contributed by atoms with Gasteiger partial charge >= 0.3 is 0 Å². The summed E-state index contributed by atoms with van der Waals surface area (Å²) < 4.78 is 27.9. The fraction of sp³-hybridized carbons (Fsp3) is 0.625. The second kappa shape index (κ2) is 7.80. The van der Waals surface area contributed by atoms with Gasteiger partial charge in [0.25, 0.3) is 0 Å². The minimum Gasteiger partial charge on any atom is -0.398 e. The summed E-state index contributed by atoms with van der Waals surface area (Å²) in [6.45, 7) is 7.96. The SMILES string of the molecule is CCCCC(CCC)NS(=O)(=O)c1cc(C)c(C)c(N)c1. The number of hydrogen-bond acceptors (Lipinski definition) is 3. The first-order chi connectivity index (χ1) is 9.81. The van der Waals surface area contributed by atoms with Crippen LogP contribution < -0.4 is 10.5 Å². The van der Waals surface area contributed by atoms with Crippen LogP contribution in [0.5, 0.6) is 0 Å². The number of nitrogen functional groups attached to an aromatic ring is 1. The molecular weight excluding hydrogens is 284 g/mol. The van der Waals surface area contributed by atoms with Gasteiger partial charge in [-0.05, 0) is 49.9 Å². The molecule has 1 unspecified atom stereocenters. The molecule has 1 atom stereocenters.